The number of rotatable bonds is 6. The number of carbonyl (C=O) groups is 1. The van der Waals surface area contributed by atoms with E-state index in [1.807, 2.05) is 24.3 Å². The number of hydrogen-bond acceptors (Lipinski definition) is 3. The Bertz CT molecular complexity index is 941. The molecule has 0 aliphatic heterocycles. The fourth-order valence-corrected chi connectivity index (χ4v) is 2.39. The number of hydrazone groups is 1. The van der Waals surface area contributed by atoms with Gasteiger partial charge in [0.2, 0.25) is 0 Å². The molecule has 0 bridgehead atoms. The molecule has 0 saturated carbocycles. The van der Waals surface area contributed by atoms with Gasteiger partial charge in [0.1, 0.15) is 18.2 Å². The topological polar surface area (TPSA) is 50.7 Å². The number of halogens is 2. The molecule has 1 N–H and O–H groups in total. The van der Waals surface area contributed by atoms with Crippen molar-refractivity contribution >= 4 is 23.7 Å². The second-order valence-electron chi connectivity index (χ2n) is 5.66. The molecule has 0 aliphatic carbocycles. The van der Waals surface area contributed by atoms with Crippen LogP contribution in [0, 0.1) is 5.82 Å². The Kier molecular flexibility index (Phi) is 6.18. The smallest absolute Gasteiger partial charge is 0.274 e. The number of nitrogens with zero attached hydrogens (tertiary/aromatic N) is 1. The molecule has 3 aromatic carbocycles. The van der Waals surface area contributed by atoms with E-state index in [0.29, 0.717) is 17.4 Å². The van der Waals surface area contributed by atoms with E-state index in [9.17, 15) is 9.18 Å². The standard InChI is InChI=1S/C21H16ClFN2O2/c22-17-9-5-16(6-10-17)14-27-18-11-7-15(8-12-18)13-24-25-21(26)19-3-1-2-4-20(19)23/h1-13H,14H2,(H,25,26)/b24-13-. The van der Waals surface area contributed by atoms with Crippen LogP contribution in [-0.4, -0.2) is 12.1 Å². The predicted octanol–water partition coefficient (Wildman–Crippen LogP) is 4.82. The third-order valence-corrected chi connectivity index (χ3v) is 3.95. The molecule has 1 amide bonds. The lowest BCUT2D eigenvalue weighted by Gasteiger charge is -2.06. The number of carbonyl (C=O) groups excluding carboxylic acids is 1. The Morgan fingerprint density at radius 1 is 1.04 bits per heavy atom. The molecule has 136 valence electrons. The van der Waals surface area contributed by atoms with E-state index >= 15 is 0 Å². The van der Waals surface area contributed by atoms with E-state index in [-0.39, 0.29) is 5.56 Å². The Hall–Kier alpha value is -3.18. The molecule has 0 heterocycles. The highest BCUT2D eigenvalue weighted by Gasteiger charge is 2.09. The quantitative estimate of drug-likeness (QED) is 0.490. The average Bonchev–Trinajstić information content (AvgIpc) is 2.69. The van der Waals surface area contributed by atoms with Gasteiger partial charge in [0.15, 0.2) is 0 Å². The van der Waals surface area contributed by atoms with E-state index in [2.05, 4.69) is 10.5 Å². The molecule has 0 unspecified atom stereocenters. The van der Waals surface area contributed by atoms with Crippen LogP contribution in [-0.2, 0) is 6.61 Å². The molecule has 6 heteroatoms. The van der Waals surface area contributed by atoms with Gasteiger partial charge in [0.25, 0.3) is 5.91 Å². The highest BCUT2D eigenvalue weighted by atomic mass is 35.5. The van der Waals surface area contributed by atoms with Crippen LogP contribution in [0.15, 0.2) is 77.9 Å². The molecule has 4 nitrogen and oxygen atoms in total. The molecule has 0 aliphatic rings. The van der Waals surface area contributed by atoms with Crippen molar-refractivity contribution < 1.29 is 13.9 Å². The van der Waals surface area contributed by atoms with Crippen LogP contribution in [0.1, 0.15) is 21.5 Å². The highest BCUT2D eigenvalue weighted by Crippen LogP contribution is 2.15. The first-order valence-corrected chi connectivity index (χ1v) is 8.55. The zero-order chi connectivity index (χ0) is 19.1. The molecular formula is C21H16ClFN2O2. The lowest BCUT2D eigenvalue weighted by Crippen LogP contribution is -2.18. The van der Waals surface area contributed by atoms with Gasteiger partial charge < -0.3 is 4.74 Å². The molecule has 0 spiro atoms. The fraction of sp³-hybridized carbons (Fsp3) is 0.0476. The Morgan fingerprint density at radius 3 is 2.44 bits per heavy atom. The van der Waals surface area contributed by atoms with E-state index < -0.39 is 11.7 Å². The molecule has 0 saturated heterocycles. The van der Waals surface area contributed by atoms with E-state index in [0.717, 1.165) is 11.1 Å². The molecule has 27 heavy (non-hydrogen) atoms. The van der Waals surface area contributed by atoms with Crippen molar-refractivity contribution in [2.45, 2.75) is 6.61 Å². The maximum atomic E-state index is 13.5. The van der Waals surface area contributed by atoms with Gasteiger partial charge in [-0.2, -0.15) is 5.10 Å². The van der Waals surface area contributed by atoms with Gasteiger partial charge in [-0.1, -0.05) is 35.9 Å². The number of benzene rings is 3. The summed E-state index contributed by atoms with van der Waals surface area (Å²) in [5.41, 5.74) is 4.03. The molecule has 3 rings (SSSR count). The van der Waals surface area contributed by atoms with Gasteiger partial charge >= 0.3 is 0 Å². The van der Waals surface area contributed by atoms with Crippen LogP contribution >= 0.6 is 11.6 Å². The summed E-state index contributed by atoms with van der Waals surface area (Å²) in [6.45, 7) is 0.434. The summed E-state index contributed by atoms with van der Waals surface area (Å²) in [6, 6.07) is 20.4. The zero-order valence-corrected chi connectivity index (χ0v) is 15.0. The lowest BCUT2D eigenvalue weighted by molar-refractivity contribution is 0.0951. The molecule has 0 radical (unpaired) electrons. The first-order chi connectivity index (χ1) is 13.1. The van der Waals surface area contributed by atoms with Gasteiger partial charge in [-0.25, -0.2) is 9.82 Å². The fourth-order valence-electron chi connectivity index (χ4n) is 2.27. The monoisotopic (exact) mass is 382 g/mol. The van der Waals surface area contributed by atoms with Crippen molar-refractivity contribution in [3.05, 3.63) is 100 Å². The SMILES string of the molecule is O=C(N/N=C\c1ccc(OCc2ccc(Cl)cc2)cc1)c1ccccc1F. The average molecular weight is 383 g/mol. The molecule has 0 fully saturated rings. The zero-order valence-electron chi connectivity index (χ0n) is 14.2. The van der Waals surface area contributed by atoms with Crippen LogP contribution in [0.4, 0.5) is 4.39 Å². The van der Waals surface area contributed by atoms with E-state index in [1.165, 1.54) is 24.4 Å². The van der Waals surface area contributed by atoms with Crippen LogP contribution in [0.2, 0.25) is 5.02 Å². The minimum Gasteiger partial charge on any atom is -0.489 e. The third-order valence-electron chi connectivity index (χ3n) is 3.70. The molecule has 0 atom stereocenters. The first kappa shape index (κ1) is 18.6. The summed E-state index contributed by atoms with van der Waals surface area (Å²) >= 11 is 5.85. The van der Waals surface area contributed by atoms with Gasteiger partial charge in [0.05, 0.1) is 11.8 Å². The van der Waals surface area contributed by atoms with Crippen LogP contribution in [0.5, 0.6) is 5.75 Å². The van der Waals surface area contributed by atoms with Crippen molar-refractivity contribution in [2.75, 3.05) is 0 Å². The van der Waals surface area contributed by atoms with Crippen molar-refractivity contribution in [1.82, 2.24) is 5.43 Å². The van der Waals surface area contributed by atoms with Crippen molar-refractivity contribution in [1.29, 1.82) is 0 Å². The maximum absolute atomic E-state index is 13.5. The number of hydrogen-bond donors (Lipinski definition) is 1. The normalized spacial score (nSPS) is 10.7. The van der Waals surface area contributed by atoms with Crippen molar-refractivity contribution in [3.8, 4) is 5.75 Å². The third kappa shape index (κ3) is 5.39. The highest BCUT2D eigenvalue weighted by molar-refractivity contribution is 6.30. The summed E-state index contributed by atoms with van der Waals surface area (Å²) in [5.74, 6) is -0.489. The maximum Gasteiger partial charge on any atom is 0.274 e. The van der Waals surface area contributed by atoms with Crippen molar-refractivity contribution in [2.24, 2.45) is 5.10 Å². The largest absolute Gasteiger partial charge is 0.489 e. The van der Waals surface area contributed by atoms with Gasteiger partial charge in [0, 0.05) is 5.02 Å². The van der Waals surface area contributed by atoms with Gasteiger partial charge in [-0.3, -0.25) is 4.79 Å². The number of amides is 1. The van der Waals surface area contributed by atoms with E-state index in [1.54, 1.807) is 30.3 Å². The number of ether oxygens (including phenoxy) is 1. The Morgan fingerprint density at radius 2 is 1.74 bits per heavy atom. The molecule has 0 aromatic heterocycles. The molecule has 3 aromatic rings. The second-order valence-corrected chi connectivity index (χ2v) is 6.10. The van der Waals surface area contributed by atoms with Crippen LogP contribution < -0.4 is 10.2 Å². The van der Waals surface area contributed by atoms with Crippen molar-refractivity contribution in [3.63, 3.8) is 0 Å². The lowest BCUT2D eigenvalue weighted by atomic mass is 10.2. The number of nitrogens with one attached hydrogen (secondary N) is 1. The minimum atomic E-state index is -0.604. The second kappa shape index (κ2) is 8.96. The van der Waals surface area contributed by atoms with Crippen LogP contribution in [0.25, 0.3) is 0 Å². The first-order valence-electron chi connectivity index (χ1n) is 8.17. The summed E-state index contributed by atoms with van der Waals surface area (Å²) < 4.78 is 19.2. The molecular weight excluding hydrogens is 367 g/mol. The summed E-state index contributed by atoms with van der Waals surface area (Å²) in [4.78, 5) is 11.9. The Labute approximate surface area is 161 Å². The van der Waals surface area contributed by atoms with Gasteiger partial charge in [-0.15, -0.1) is 0 Å². The van der Waals surface area contributed by atoms with Gasteiger partial charge in [-0.05, 0) is 59.7 Å². The van der Waals surface area contributed by atoms with Crippen LogP contribution in [0.3, 0.4) is 0 Å². The Balaban J connectivity index is 1.52. The predicted molar refractivity (Wildman–Crippen MR) is 104 cm³/mol. The summed E-state index contributed by atoms with van der Waals surface area (Å²) in [7, 11) is 0. The van der Waals surface area contributed by atoms with E-state index in [4.69, 9.17) is 16.3 Å². The minimum absolute atomic E-state index is 0.0550. The summed E-state index contributed by atoms with van der Waals surface area (Å²) in [5, 5.41) is 4.53. The summed E-state index contributed by atoms with van der Waals surface area (Å²) in [6.07, 6.45) is 1.47.